The number of amides is 2. The van der Waals surface area contributed by atoms with Crippen LogP contribution in [0.1, 0.15) is 38.5 Å². The van der Waals surface area contributed by atoms with Crippen LogP contribution in [0.25, 0.3) is 0 Å². The van der Waals surface area contributed by atoms with E-state index in [1.807, 2.05) is 25.1 Å². The predicted octanol–water partition coefficient (Wildman–Crippen LogP) is 0.500. The molecule has 1 rings (SSSR count). The lowest BCUT2D eigenvalue weighted by Crippen LogP contribution is -2.51. The first-order chi connectivity index (χ1) is 10.4. The molecule has 0 radical (unpaired) electrons. The van der Waals surface area contributed by atoms with Gasteiger partial charge in [0.1, 0.15) is 6.04 Å². The molecule has 0 aromatic rings. The quantitative estimate of drug-likeness (QED) is 0.479. The van der Waals surface area contributed by atoms with E-state index in [0.29, 0.717) is 0 Å². The molecule has 0 bridgehead atoms. The molecule has 0 aliphatic carbocycles. The number of allylic oxidation sites excluding steroid dienone is 1. The molecule has 3 unspecified atom stereocenters. The average Bonchev–Trinajstić information content (AvgIpc) is 2.84. The van der Waals surface area contributed by atoms with Gasteiger partial charge in [0, 0.05) is 13.0 Å². The summed E-state index contributed by atoms with van der Waals surface area (Å²) < 4.78 is 0. The third-order valence-electron chi connectivity index (χ3n) is 4.18. The lowest BCUT2D eigenvalue weighted by molar-refractivity contribution is -0.141. The first-order valence-corrected chi connectivity index (χ1v) is 7.93. The van der Waals surface area contributed by atoms with E-state index >= 15 is 0 Å². The number of rotatable bonds is 9. The Balaban J connectivity index is 2.63. The van der Waals surface area contributed by atoms with Crippen LogP contribution in [0.2, 0.25) is 0 Å². The zero-order valence-electron chi connectivity index (χ0n) is 13.7. The first kappa shape index (κ1) is 18.6. The number of β-amino-alcohol motifs (C(OH)–C–C–N with tert-alkyl or cyclic N) is 1. The third kappa shape index (κ3) is 5.10. The molecule has 1 fully saturated rings. The zero-order valence-corrected chi connectivity index (χ0v) is 13.7. The number of hydrogen-bond donors (Lipinski definition) is 2. The van der Waals surface area contributed by atoms with Crippen molar-refractivity contribution in [2.24, 2.45) is 5.73 Å². The molecule has 0 spiro atoms. The van der Waals surface area contributed by atoms with Crippen molar-refractivity contribution < 1.29 is 14.7 Å². The fraction of sp³-hybridized carbons (Fsp3) is 0.750. The summed E-state index contributed by atoms with van der Waals surface area (Å²) >= 11 is 0. The lowest BCUT2D eigenvalue weighted by Gasteiger charge is -2.30. The van der Waals surface area contributed by atoms with Crippen molar-refractivity contribution in [1.29, 1.82) is 0 Å². The van der Waals surface area contributed by atoms with Crippen LogP contribution in [0, 0.1) is 0 Å². The molecule has 1 heterocycles. The summed E-state index contributed by atoms with van der Waals surface area (Å²) in [6, 6.07) is -0.971. The number of nitrogens with two attached hydrogens (primary N) is 1. The van der Waals surface area contributed by atoms with Gasteiger partial charge in [-0.25, -0.2) is 0 Å². The predicted molar refractivity (Wildman–Crippen MR) is 86.1 cm³/mol. The highest BCUT2D eigenvalue weighted by Gasteiger charge is 2.40. The molecule has 3 N–H and O–H groups in total. The molecule has 1 saturated heterocycles. The van der Waals surface area contributed by atoms with Crippen LogP contribution in [0.5, 0.6) is 0 Å². The summed E-state index contributed by atoms with van der Waals surface area (Å²) in [7, 11) is 3.72. The minimum Gasteiger partial charge on any atom is -0.391 e. The maximum atomic E-state index is 12.7. The number of aliphatic hydroxyl groups is 1. The van der Waals surface area contributed by atoms with Crippen molar-refractivity contribution in [3.05, 3.63) is 12.7 Å². The van der Waals surface area contributed by atoms with E-state index in [2.05, 4.69) is 6.58 Å². The minimum atomic E-state index is -0.689. The number of primary amides is 1. The Morgan fingerprint density at radius 1 is 1.41 bits per heavy atom. The van der Waals surface area contributed by atoms with Crippen LogP contribution < -0.4 is 5.73 Å². The monoisotopic (exact) mass is 311 g/mol. The lowest BCUT2D eigenvalue weighted by atomic mass is 10.0. The molecule has 0 aromatic heterocycles. The van der Waals surface area contributed by atoms with E-state index < -0.39 is 18.1 Å². The molecular formula is C16H29N3O3. The highest BCUT2D eigenvalue weighted by Crippen LogP contribution is 2.21. The van der Waals surface area contributed by atoms with Crippen molar-refractivity contribution in [3.8, 4) is 0 Å². The van der Waals surface area contributed by atoms with E-state index in [9.17, 15) is 14.7 Å². The number of nitrogens with zero attached hydrogens (tertiary/aromatic N) is 2. The molecule has 0 aromatic carbocycles. The Morgan fingerprint density at radius 3 is 2.64 bits per heavy atom. The van der Waals surface area contributed by atoms with Crippen molar-refractivity contribution in [3.63, 3.8) is 0 Å². The van der Waals surface area contributed by atoms with Crippen LogP contribution >= 0.6 is 0 Å². The van der Waals surface area contributed by atoms with Crippen LogP contribution in [-0.4, -0.2) is 65.5 Å². The van der Waals surface area contributed by atoms with Gasteiger partial charge in [-0.2, -0.15) is 0 Å². The van der Waals surface area contributed by atoms with Gasteiger partial charge in [-0.3, -0.25) is 14.5 Å². The van der Waals surface area contributed by atoms with E-state index in [-0.39, 0.29) is 24.9 Å². The van der Waals surface area contributed by atoms with Gasteiger partial charge >= 0.3 is 0 Å². The molecule has 22 heavy (non-hydrogen) atoms. The van der Waals surface area contributed by atoms with Gasteiger partial charge in [0.05, 0.1) is 12.1 Å². The molecule has 1 aliphatic heterocycles. The third-order valence-corrected chi connectivity index (χ3v) is 4.18. The molecule has 1 aliphatic rings. The molecule has 2 amide bonds. The van der Waals surface area contributed by atoms with Gasteiger partial charge < -0.3 is 15.7 Å². The first-order valence-electron chi connectivity index (χ1n) is 7.93. The maximum absolute atomic E-state index is 12.7. The van der Waals surface area contributed by atoms with Crippen molar-refractivity contribution in [1.82, 2.24) is 9.80 Å². The van der Waals surface area contributed by atoms with Crippen molar-refractivity contribution in [2.75, 3.05) is 20.6 Å². The second-order valence-electron chi connectivity index (χ2n) is 6.20. The van der Waals surface area contributed by atoms with Crippen molar-refractivity contribution >= 4 is 11.8 Å². The van der Waals surface area contributed by atoms with Gasteiger partial charge in [-0.1, -0.05) is 18.9 Å². The molecule has 3 atom stereocenters. The average molecular weight is 311 g/mol. The summed E-state index contributed by atoms with van der Waals surface area (Å²) in [5.74, 6) is -0.664. The summed E-state index contributed by atoms with van der Waals surface area (Å²) in [5.41, 5.74) is 5.35. The summed E-state index contributed by atoms with van der Waals surface area (Å²) in [5, 5.41) is 9.74. The van der Waals surface area contributed by atoms with Gasteiger partial charge in [-0.05, 0) is 33.4 Å². The van der Waals surface area contributed by atoms with Gasteiger partial charge in [-0.15, -0.1) is 6.58 Å². The van der Waals surface area contributed by atoms with E-state index in [1.54, 1.807) is 0 Å². The van der Waals surface area contributed by atoms with E-state index in [4.69, 9.17) is 5.73 Å². The Labute approximate surface area is 132 Å². The topological polar surface area (TPSA) is 86.9 Å². The minimum absolute atomic E-state index is 0.117. The van der Waals surface area contributed by atoms with Gasteiger partial charge in [0.2, 0.25) is 11.8 Å². The number of carbonyl (C=O) groups excluding carboxylic acids is 2. The van der Waals surface area contributed by atoms with Gasteiger partial charge in [0.15, 0.2) is 0 Å². The second-order valence-corrected chi connectivity index (χ2v) is 6.20. The largest absolute Gasteiger partial charge is 0.391 e. The standard InChI is InChI=1S/C16H29N3O3/c1-4-5-6-7-8-9-13(18(2)3)16(22)19-11-12(20)10-14(19)15(17)21/h4,12-14,20H,1,5-11H2,2-3H3,(H2,17,21). The molecule has 6 nitrogen and oxygen atoms in total. The Hall–Kier alpha value is -1.40. The Morgan fingerprint density at radius 2 is 2.09 bits per heavy atom. The zero-order chi connectivity index (χ0) is 16.7. The SMILES string of the molecule is C=CCCCCCC(C(=O)N1CC(O)CC1C(N)=O)N(C)C. The van der Waals surface area contributed by atoms with Crippen LogP contribution in [0.3, 0.4) is 0 Å². The molecule has 0 saturated carbocycles. The normalized spacial score (nSPS) is 22.8. The summed E-state index contributed by atoms with van der Waals surface area (Å²) in [4.78, 5) is 27.5. The number of hydrogen-bond acceptors (Lipinski definition) is 4. The van der Waals surface area contributed by atoms with Crippen LogP contribution in [-0.2, 0) is 9.59 Å². The molecule has 6 heteroatoms. The summed E-state index contributed by atoms with van der Waals surface area (Å²) in [6.07, 6.45) is 6.26. The van der Waals surface area contributed by atoms with E-state index in [1.165, 1.54) is 4.90 Å². The number of aliphatic hydroxyl groups excluding tert-OH is 1. The van der Waals surface area contributed by atoms with Gasteiger partial charge in [0.25, 0.3) is 0 Å². The smallest absolute Gasteiger partial charge is 0.240 e. The highest BCUT2D eigenvalue weighted by atomic mass is 16.3. The number of likely N-dealkylation sites (N-methyl/N-ethyl adjacent to an activating group) is 1. The fourth-order valence-electron chi connectivity index (χ4n) is 2.92. The number of likely N-dealkylation sites (tertiary alicyclic amines) is 1. The second kappa shape index (κ2) is 8.90. The van der Waals surface area contributed by atoms with Crippen LogP contribution in [0.4, 0.5) is 0 Å². The summed E-state index contributed by atoms with van der Waals surface area (Å²) in [6.45, 7) is 3.89. The Bertz CT molecular complexity index is 398. The Kier molecular flexibility index (Phi) is 7.55. The molecular weight excluding hydrogens is 282 g/mol. The van der Waals surface area contributed by atoms with Crippen molar-refractivity contribution in [2.45, 2.75) is 56.7 Å². The fourth-order valence-corrected chi connectivity index (χ4v) is 2.92. The van der Waals surface area contributed by atoms with E-state index in [0.717, 1.165) is 32.1 Å². The van der Waals surface area contributed by atoms with Crippen LogP contribution in [0.15, 0.2) is 12.7 Å². The maximum Gasteiger partial charge on any atom is 0.240 e. The highest BCUT2D eigenvalue weighted by molar-refractivity contribution is 5.89. The number of unbranched alkanes of at least 4 members (excludes halogenated alkanes) is 3. The number of carbonyl (C=O) groups is 2. The molecule has 126 valence electrons.